The number of amides is 1. The third-order valence-corrected chi connectivity index (χ3v) is 3.34. The molecule has 5 nitrogen and oxygen atoms in total. The Morgan fingerprint density at radius 2 is 1.71 bits per heavy atom. The molecule has 0 aliphatic carbocycles. The molecular formula is C19H23NO4. The molecule has 0 atom stereocenters. The summed E-state index contributed by atoms with van der Waals surface area (Å²) in [7, 11) is 1.62. The van der Waals surface area contributed by atoms with E-state index in [0.29, 0.717) is 37.5 Å². The summed E-state index contributed by atoms with van der Waals surface area (Å²) < 4.78 is 16.2. The highest BCUT2D eigenvalue weighted by molar-refractivity contribution is 5.92. The Bertz CT molecular complexity index is 640. The average molecular weight is 329 g/mol. The highest BCUT2D eigenvalue weighted by Crippen LogP contribution is 2.24. The standard InChI is InChI=1S/C19H23NO4/c1-3-23-18-8-5-4-7-17(18)20-19(21)9-6-14-24-16-12-10-15(22-2)11-13-16/h4-5,7-8,10-13H,3,6,9,14H2,1-2H3,(H,20,21). The summed E-state index contributed by atoms with van der Waals surface area (Å²) in [4.78, 5) is 12.0. The minimum atomic E-state index is -0.0551. The van der Waals surface area contributed by atoms with Crippen molar-refractivity contribution in [3.8, 4) is 17.2 Å². The van der Waals surface area contributed by atoms with Crippen LogP contribution in [-0.2, 0) is 4.79 Å². The summed E-state index contributed by atoms with van der Waals surface area (Å²) in [6, 6.07) is 14.8. The highest BCUT2D eigenvalue weighted by atomic mass is 16.5. The largest absolute Gasteiger partial charge is 0.497 e. The molecule has 0 spiro atoms. The lowest BCUT2D eigenvalue weighted by atomic mass is 10.2. The van der Waals surface area contributed by atoms with Gasteiger partial charge in [0.15, 0.2) is 0 Å². The van der Waals surface area contributed by atoms with Crippen LogP contribution in [0.4, 0.5) is 5.69 Å². The number of para-hydroxylation sites is 2. The normalized spacial score (nSPS) is 10.1. The van der Waals surface area contributed by atoms with Gasteiger partial charge >= 0.3 is 0 Å². The van der Waals surface area contributed by atoms with Crippen LogP contribution in [0.1, 0.15) is 19.8 Å². The molecule has 128 valence electrons. The Labute approximate surface area is 142 Å². The van der Waals surface area contributed by atoms with E-state index >= 15 is 0 Å². The number of hydrogen-bond acceptors (Lipinski definition) is 4. The smallest absolute Gasteiger partial charge is 0.224 e. The lowest BCUT2D eigenvalue weighted by molar-refractivity contribution is -0.116. The zero-order valence-corrected chi connectivity index (χ0v) is 14.1. The first kappa shape index (κ1) is 17.7. The van der Waals surface area contributed by atoms with E-state index < -0.39 is 0 Å². The van der Waals surface area contributed by atoms with Crippen LogP contribution in [-0.4, -0.2) is 26.2 Å². The van der Waals surface area contributed by atoms with E-state index in [4.69, 9.17) is 14.2 Å². The molecule has 0 heterocycles. The summed E-state index contributed by atoms with van der Waals surface area (Å²) in [6.07, 6.45) is 1.02. The molecule has 0 aromatic heterocycles. The third-order valence-electron chi connectivity index (χ3n) is 3.34. The fraction of sp³-hybridized carbons (Fsp3) is 0.316. The maximum Gasteiger partial charge on any atom is 0.224 e. The van der Waals surface area contributed by atoms with Crippen molar-refractivity contribution in [1.29, 1.82) is 0 Å². The third kappa shape index (κ3) is 5.50. The first-order valence-corrected chi connectivity index (χ1v) is 8.01. The Balaban J connectivity index is 1.73. The highest BCUT2D eigenvalue weighted by Gasteiger charge is 2.07. The van der Waals surface area contributed by atoms with Crippen molar-refractivity contribution in [3.63, 3.8) is 0 Å². The molecule has 2 aromatic carbocycles. The molecule has 1 N–H and O–H groups in total. The predicted octanol–water partition coefficient (Wildman–Crippen LogP) is 3.89. The minimum Gasteiger partial charge on any atom is -0.497 e. The molecule has 0 unspecified atom stereocenters. The van der Waals surface area contributed by atoms with E-state index in [2.05, 4.69) is 5.32 Å². The first-order valence-electron chi connectivity index (χ1n) is 8.01. The van der Waals surface area contributed by atoms with E-state index in [-0.39, 0.29) is 5.91 Å². The second kappa shape index (κ2) is 9.45. The zero-order valence-electron chi connectivity index (χ0n) is 14.1. The Morgan fingerprint density at radius 1 is 1.00 bits per heavy atom. The van der Waals surface area contributed by atoms with Gasteiger partial charge in [0.05, 0.1) is 26.0 Å². The second-order valence-corrected chi connectivity index (χ2v) is 5.10. The molecule has 5 heteroatoms. The number of carbonyl (C=O) groups excluding carboxylic acids is 1. The number of ether oxygens (including phenoxy) is 3. The lowest BCUT2D eigenvalue weighted by Gasteiger charge is -2.11. The topological polar surface area (TPSA) is 56.8 Å². The van der Waals surface area contributed by atoms with E-state index in [1.54, 1.807) is 7.11 Å². The number of hydrogen-bond donors (Lipinski definition) is 1. The molecule has 0 aliphatic rings. The monoisotopic (exact) mass is 329 g/mol. The molecular weight excluding hydrogens is 306 g/mol. The number of nitrogens with one attached hydrogen (secondary N) is 1. The van der Waals surface area contributed by atoms with Crippen LogP contribution in [0.25, 0.3) is 0 Å². The van der Waals surface area contributed by atoms with Crippen LogP contribution in [0, 0.1) is 0 Å². The molecule has 0 saturated carbocycles. The van der Waals surface area contributed by atoms with Gasteiger partial charge in [-0.05, 0) is 49.7 Å². The van der Waals surface area contributed by atoms with Gasteiger partial charge in [0, 0.05) is 6.42 Å². The number of benzene rings is 2. The maximum absolute atomic E-state index is 12.0. The number of methoxy groups -OCH3 is 1. The molecule has 2 rings (SSSR count). The van der Waals surface area contributed by atoms with Gasteiger partial charge in [0.25, 0.3) is 0 Å². The lowest BCUT2D eigenvalue weighted by Crippen LogP contribution is -2.13. The Morgan fingerprint density at radius 3 is 2.42 bits per heavy atom. The van der Waals surface area contributed by atoms with Gasteiger partial charge in [-0.3, -0.25) is 4.79 Å². The first-order chi connectivity index (χ1) is 11.7. The molecule has 0 fully saturated rings. The molecule has 0 aliphatic heterocycles. The molecule has 0 radical (unpaired) electrons. The molecule has 2 aromatic rings. The fourth-order valence-electron chi connectivity index (χ4n) is 2.16. The summed E-state index contributed by atoms with van der Waals surface area (Å²) in [5, 5.41) is 2.87. The van der Waals surface area contributed by atoms with E-state index in [1.165, 1.54) is 0 Å². The van der Waals surface area contributed by atoms with Crippen LogP contribution >= 0.6 is 0 Å². The van der Waals surface area contributed by atoms with Gasteiger partial charge in [0.2, 0.25) is 5.91 Å². The number of anilines is 1. The van der Waals surface area contributed by atoms with Crippen molar-refractivity contribution >= 4 is 11.6 Å². The Hall–Kier alpha value is -2.69. The van der Waals surface area contributed by atoms with Crippen molar-refractivity contribution < 1.29 is 19.0 Å². The van der Waals surface area contributed by atoms with Gasteiger partial charge in [-0.15, -0.1) is 0 Å². The molecule has 0 bridgehead atoms. The number of carbonyl (C=O) groups is 1. The van der Waals surface area contributed by atoms with Crippen molar-refractivity contribution in [2.75, 3.05) is 25.6 Å². The summed E-state index contributed by atoms with van der Waals surface area (Å²) in [6.45, 7) is 2.95. The van der Waals surface area contributed by atoms with Crippen LogP contribution in [0.5, 0.6) is 17.2 Å². The summed E-state index contributed by atoms with van der Waals surface area (Å²) >= 11 is 0. The second-order valence-electron chi connectivity index (χ2n) is 5.10. The van der Waals surface area contributed by atoms with Gasteiger partial charge in [-0.1, -0.05) is 12.1 Å². The van der Waals surface area contributed by atoms with Gasteiger partial charge < -0.3 is 19.5 Å². The number of rotatable bonds is 9. The zero-order chi connectivity index (χ0) is 17.2. The van der Waals surface area contributed by atoms with E-state index in [9.17, 15) is 4.79 Å². The van der Waals surface area contributed by atoms with Gasteiger partial charge in [0.1, 0.15) is 17.2 Å². The molecule has 0 saturated heterocycles. The Kier molecular flexibility index (Phi) is 6.95. The van der Waals surface area contributed by atoms with Gasteiger partial charge in [-0.25, -0.2) is 0 Å². The van der Waals surface area contributed by atoms with Crippen LogP contribution in [0.2, 0.25) is 0 Å². The van der Waals surface area contributed by atoms with Crippen molar-refractivity contribution in [2.45, 2.75) is 19.8 Å². The van der Waals surface area contributed by atoms with Crippen molar-refractivity contribution in [2.24, 2.45) is 0 Å². The fourth-order valence-corrected chi connectivity index (χ4v) is 2.16. The van der Waals surface area contributed by atoms with Crippen LogP contribution in [0.15, 0.2) is 48.5 Å². The predicted molar refractivity (Wildman–Crippen MR) is 94.0 cm³/mol. The van der Waals surface area contributed by atoms with E-state index in [0.717, 1.165) is 11.5 Å². The molecule has 24 heavy (non-hydrogen) atoms. The van der Waals surface area contributed by atoms with Crippen molar-refractivity contribution in [1.82, 2.24) is 0 Å². The average Bonchev–Trinajstić information content (AvgIpc) is 2.61. The molecule has 1 amide bonds. The van der Waals surface area contributed by atoms with Crippen LogP contribution in [0.3, 0.4) is 0 Å². The maximum atomic E-state index is 12.0. The van der Waals surface area contributed by atoms with Gasteiger partial charge in [-0.2, -0.15) is 0 Å². The van der Waals surface area contributed by atoms with Crippen LogP contribution < -0.4 is 19.5 Å². The summed E-state index contributed by atoms with van der Waals surface area (Å²) in [5.41, 5.74) is 0.695. The van der Waals surface area contributed by atoms with Crippen molar-refractivity contribution in [3.05, 3.63) is 48.5 Å². The van der Waals surface area contributed by atoms with E-state index in [1.807, 2.05) is 55.5 Å². The quantitative estimate of drug-likeness (QED) is 0.709. The minimum absolute atomic E-state index is 0.0551. The SMILES string of the molecule is CCOc1ccccc1NC(=O)CCCOc1ccc(OC)cc1. The summed E-state index contributed by atoms with van der Waals surface area (Å²) in [5.74, 6) is 2.18.